The number of methoxy groups -OCH3 is 1. The van der Waals surface area contributed by atoms with Crippen molar-refractivity contribution in [2.24, 2.45) is 0 Å². The van der Waals surface area contributed by atoms with Gasteiger partial charge in [-0.25, -0.2) is 4.79 Å². The number of carbonyl (C=O) groups is 1. The van der Waals surface area contributed by atoms with Crippen LogP contribution in [-0.4, -0.2) is 31.1 Å². The molecule has 3 nitrogen and oxygen atoms in total. The zero-order valence-electron chi connectivity index (χ0n) is 12.4. The summed E-state index contributed by atoms with van der Waals surface area (Å²) in [6, 6.07) is 10.2. The van der Waals surface area contributed by atoms with Crippen LogP contribution in [0.2, 0.25) is 0 Å². The molecule has 1 aliphatic carbocycles. The number of likely N-dealkylation sites (tertiary alicyclic amines) is 1. The highest BCUT2D eigenvalue weighted by atomic mass is 16.5. The van der Waals surface area contributed by atoms with Gasteiger partial charge in [-0.2, -0.15) is 0 Å². The number of benzene rings is 1. The molecule has 0 radical (unpaired) electrons. The number of nitrogens with zero attached hydrogens (tertiary/aromatic N) is 1. The van der Waals surface area contributed by atoms with Crippen molar-refractivity contribution < 1.29 is 9.53 Å². The Bertz CT molecular complexity index is 568. The molecule has 1 aliphatic heterocycles. The van der Waals surface area contributed by atoms with Crippen LogP contribution >= 0.6 is 0 Å². The summed E-state index contributed by atoms with van der Waals surface area (Å²) in [6.45, 7) is 2.27. The largest absolute Gasteiger partial charge is 0.466 e. The van der Waals surface area contributed by atoms with Gasteiger partial charge in [-0.15, -0.1) is 0 Å². The lowest BCUT2D eigenvalue weighted by Crippen LogP contribution is -2.24. The van der Waals surface area contributed by atoms with Crippen LogP contribution < -0.4 is 0 Å². The van der Waals surface area contributed by atoms with E-state index >= 15 is 0 Å². The second-order valence-corrected chi connectivity index (χ2v) is 5.63. The molecule has 1 saturated heterocycles. The van der Waals surface area contributed by atoms with E-state index in [9.17, 15) is 4.79 Å². The van der Waals surface area contributed by atoms with E-state index in [1.807, 2.05) is 24.3 Å². The summed E-state index contributed by atoms with van der Waals surface area (Å²) in [7, 11) is 1.45. The first kappa shape index (κ1) is 13.9. The minimum absolute atomic E-state index is 0.0965. The van der Waals surface area contributed by atoms with Crippen LogP contribution in [0, 0.1) is 0 Å². The second-order valence-electron chi connectivity index (χ2n) is 5.63. The van der Waals surface area contributed by atoms with Crippen molar-refractivity contribution in [3.8, 4) is 0 Å². The van der Waals surface area contributed by atoms with Gasteiger partial charge < -0.3 is 9.64 Å². The van der Waals surface area contributed by atoms with E-state index in [0.29, 0.717) is 0 Å². The number of hydrogen-bond acceptors (Lipinski definition) is 3. The summed E-state index contributed by atoms with van der Waals surface area (Å²) in [5, 5.41) is 0. The fourth-order valence-corrected chi connectivity index (χ4v) is 3.24. The van der Waals surface area contributed by atoms with Gasteiger partial charge >= 0.3 is 5.97 Å². The molecule has 110 valence electrons. The SMILES string of the molecule is COC(=O)C1=CC=C(N2CCCC2)CC1c1ccccc1. The Balaban J connectivity index is 1.91. The fraction of sp³-hybridized carbons (Fsp3) is 0.389. The monoisotopic (exact) mass is 283 g/mol. The molecule has 1 fully saturated rings. The number of esters is 1. The number of hydrogen-bond donors (Lipinski definition) is 0. The van der Waals surface area contributed by atoms with E-state index in [1.54, 1.807) is 0 Å². The molecular weight excluding hydrogens is 262 g/mol. The first-order chi connectivity index (χ1) is 10.3. The van der Waals surface area contributed by atoms with E-state index in [0.717, 1.165) is 25.1 Å². The van der Waals surface area contributed by atoms with Crippen LogP contribution in [0.15, 0.2) is 53.8 Å². The van der Waals surface area contributed by atoms with E-state index < -0.39 is 0 Å². The van der Waals surface area contributed by atoms with Crippen LogP contribution in [0.3, 0.4) is 0 Å². The Morgan fingerprint density at radius 2 is 1.86 bits per heavy atom. The molecule has 3 heteroatoms. The molecule has 0 saturated carbocycles. The lowest BCUT2D eigenvalue weighted by atomic mass is 9.83. The highest BCUT2D eigenvalue weighted by Crippen LogP contribution is 2.36. The van der Waals surface area contributed by atoms with E-state index in [-0.39, 0.29) is 11.9 Å². The first-order valence-corrected chi connectivity index (χ1v) is 7.58. The zero-order chi connectivity index (χ0) is 14.7. The van der Waals surface area contributed by atoms with E-state index in [4.69, 9.17) is 4.74 Å². The molecule has 3 rings (SSSR count). The Labute approximate surface area is 125 Å². The third-order valence-electron chi connectivity index (χ3n) is 4.38. The molecule has 0 N–H and O–H groups in total. The molecule has 1 heterocycles. The normalized spacial score (nSPS) is 21.8. The van der Waals surface area contributed by atoms with Crippen LogP contribution in [0.5, 0.6) is 0 Å². The third kappa shape index (κ3) is 2.87. The van der Waals surface area contributed by atoms with Crippen LogP contribution in [0.1, 0.15) is 30.7 Å². The number of rotatable bonds is 3. The van der Waals surface area contributed by atoms with Crippen molar-refractivity contribution in [3.63, 3.8) is 0 Å². The van der Waals surface area contributed by atoms with Gasteiger partial charge in [0.1, 0.15) is 0 Å². The number of allylic oxidation sites excluding steroid dienone is 3. The first-order valence-electron chi connectivity index (χ1n) is 7.58. The minimum Gasteiger partial charge on any atom is -0.466 e. The molecule has 0 spiro atoms. The van der Waals surface area contributed by atoms with Crippen molar-refractivity contribution in [1.82, 2.24) is 4.90 Å². The Kier molecular flexibility index (Phi) is 4.09. The number of carbonyl (C=O) groups excluding carboxylic acids is 1. The summed E-state index contributed by atoms with van der Waals surface area (Å²) in [6.07, 6.45) is 7.45. The Morgan fingerprint density at radius 1 is 1.14 bits per heavy atom. The molecule has 1 atom stereocenters. The molecular formula is C18H21NO2. The van der Waals surface area contributed by atoms with Crippen LogP contribution in [-0.2, 0) is 9.53 Å². The topological polar surface area (TPSA) is 29.5 Å². The summed E-state index contributed by atoms with van der Waals surface area (Å²) in [5.41, 5.74) is 3.28. The van der Waals surface area contributed by atoms with E-state index in [2.05, 4.69) is 23.1 Å². The van der Waals surface area contributed by atoms with Crippen molar-refractivity contribution in [2.45, 2.75) is 25.2 Å². The van der Waals surface area contributed by atoms with Crippen molar-refractivity contribution in [2.75, 3.05) is 20.2 Å². The minimum atomic E-state index is -0.222. The Hall–Kier alpha value is -2.03. The van der Waals surface area contributed by atoms with Gasteiger partial charge in [0.25, 0.3) is 0 Å². The van der Waals surface area contributed by atoms with Gasteiger partial charge in [-0.3, -0.25) is 0 Å². The maximum absolute atomic E-state index is 12.0. The molecule has 1 aromatic rings. The van der Waals surface area contributed by atoms with Gasteiger partial charge in [0.15, 0.2) is 0 Å². The fourth-order valence-electron chi connectivity index (χ4n) is 3.24. The molecule has 21 heavy (non-hydrogen) atoms. The third-order valence-corrected chi connectivity index (χ3v) is 4.38. The maximum Gasteiger partial charge on any atom is 0.334 e. The smallest absolute Gasteiger partial charge is 0.334 e. The van der Waals surface area contributed by atoms with Gasteiger partial charge in [-0.1, -0.05) is 30.3 Å². The molecule has 0 amide bonds. The Morgan fingerprint density at radius 3 is 2.52 bits per heavy atom. The predicted molar refractivity (Wildman–Crippen MR) is 82.8 cm³/mol. The van der Waals surface area contributed by atoms with Crippen molar-refractivity contribution in [3.05, 3.63) is 59.3 Å². The summed E-state index contributed by atoms with van der Waals surface area (Å²) < 4.78 is 4.95. The standard InChI is InChI=1S/C18H21NO2/c1-21-18(20)16-10-9-15(19-11-5-6-12-19)13-17(16)14-7-3-2-4-8-14/h2-4,7-10,17H,5-6,11-13H2,1H3. The van der Waals surface area contributed by atoms with Crippen LogP contribution in [0.25, 0.3) is 0 Å². The molecule has 2 aliphatic rings. The summed E-state index contributed by atoms with van der Waals surface area (Å²) in [5.74, 6) is -0.125. The zero-order valence-corrected chi connectivity index (χ0v) is 12.4. The van der Waals surface area contributed by atoms with Crippen LogP contribution in [0.4, 0.5) is 0 Å². The van der Waals surface area contributed by atoms with E-state index in [1.165, 1.54) is 31.2 Å². The van der Waals surface area contributed by atoms with Gasteiger partial charge in [0, 0.05) is 30.3 Å². The quantitative estimate of drug-likeness (QED) is 0.798. The lowest BCUT2D eigenvalue weighted by molar-refractivity contribution is -0.136. The lowest BCUT2D eigenvalue weighted by Gasteiger charge is -2.29. The molecule has 1 aromatic carbocycles. The summed E-state index contributed by atoms with van der Waals surface area (Å²) >= 11 is 0. The van der Waals surface area contributed by atoms with Gasteiger partial charge in [-0.05, 0) is 37.0 Å². The highest BCUT2D eigenvalue weighted by molar-refractivity contribution is 5.91. The highest BCUT2D eigenvalue weighted by Gasteiger charge is 2.29. The number of ether oxygens (including phenoxy) is 1. The summed E-state index contributed by atoms with van der Waals surface area (Å²) in [4.78, 5) is 14.5. The van der Waals surface area contributed by atoms with Gasteiger partial charge in [0.05, 0.1) is 7.11 Å². The average molecular weight is 283 g/mol. The maximum atomic E-state index is 12.0. The average Bonchev–Trinajstić information content (AvgIpc) is 3.09. The van der Waals surface area contributed by atoms with Crippen molar-refractivity contribution >= 4 is 5.97 Å². The van der Waals surface area contributed by atoms with Gasteiger partial charge in [0.2, 0.25) is 0 Å². The van der Waals surface area contributed by atoms with Crippen molar-refractivity contribution in [1.29, 1.82) is 0 Å². The molecule has 0 bridgehead atoms. The second kappa shape index (κ2) is 6.17. The molecule has 0 aromatic heterocycles. The molecule has 1 unspecified atom stereocenters. The predicted octanol–water partition coefficient (Wildman–Crippen LogP) is 3.25.